The maximum absolute atomic E-state index is 12.6. The van der Waals surface area contributed by atoms with Crippen LogP contribution in [0, 0.1) is 0 Å². The second-order valence-electron chi connectivity index (χ2n) is 4.10. The van der Waals surface area contributed by atoms with E-state index in [4.69, 9.17) is 0 Å². The largest absolute Gasteiger partial charge is 0.775 e. The van der Waals surface area contributed by atoms with E-state index in [0.717, 1.165) is 30.0 Å². The van der Waals surface area contributed by atoms with Crippen LogP contribution in [0.3, 0.4) is 0 Å². The Morgan fingerprint density at radius 2 is 2.05 bits per heavy atom. The van der Waals surface area contributed by atoms with E-state index < -0.39 is 19.3 Å². The first-order valence-corrected chi connectivity index (χ1v) is 6.94. The van der Waals surface area contributed by atoms with Gasteiger partial charge in [-0.1, -0.05) is 10.7 Å². The van der Waals surface area contributed by atoms with Crippen molar-refractivity contribution < 1.29 is 31.8 Å². The summed E-state index contributed by atoms with van der Waals surface area (Å²) in [5, 5.41) is 3.73. The highest BCUT2D eigenvalue weighted by Gasteiger charge is 2.31. The maximum Gasteiger partial charge on any atom is 0.416 e. The number of aryl methyl sites for hydroxylation is 1. The number of fused-ring (bicyclic) bond motifs is 1. The molecule has 9 heteroatoms. The van der Waals surface area contributed by atoms with Gasteiger partial charge in [-0.3, -0.25) is 0 Å². The van der Waals surface area contributed by atoms with E-state index in [-0.39, 0.29) is 16.2 Å². The minimum atomic E-state index is -4.52. The molecule has 1 atom stereocenters. The zero-order valence-electron chi connectivity index (χ0n) is 10.5. The van der Waals surface area contributed by atoms with E-state index in [1.54, 1.807) is 0 Å². The van der Waals surface area contributed by atoms with E-state index >= 15 is 0 Å². The van der Waals surface area contributed by atoms with E-state index in [9.17, 15) is 22.6 Å². The van der Waals surface area contributed by atoms with Crippen molar-refractivity contribution in [2.24, 2.45) is 7.05 Å². The molecule has 0 amide bonds. The Balaban J connectivity index is 2.77. The summed E-state index contributed by atoms with van der Waals surface area (Å²) >= 11 is 0. The number of aromatic nitrogens is 2. The molecule has 0 radical (unpaired) electrons. The lowest BCUT2D eigenvalue weighted by atomic mass is 10.1. The summed E-state index contributed by atoms with van der Waals surface area (Å²) in [7, 11) is -1.94. The summed E-state index contributed by atoms with van der Waals surface area (Å²) < 4.78 is 55.3. The average molecular weight is 306 g/mol. The first kappa shape index (κ1) is 14.9. The third-order valence-corrected chi connectivity index (χ3v) is 4.14. The Labute approximate surface area is 112 Å². The molecule has 0 N–H and O–H groups in total. The second-order valence-corrected chi connectivity index (χ2v) is 5.94. The number of nitrogens with zero attached hydrogens (tertiary/aromatic N) is 2. The van der Waals surface area contributed by atoms with Crippen molar-refractivity contribution in [3.05, 3.63) is 30.0 Å². The highest BCUT2D eigenvalue weighted by Crippen LogP contribution is 2.37. The standard InChI is InChI=1S/C11H10F3N2O3P/c1-16-6-10(20(17,18)19-2)8-4-3-7(11(12,13)14)5-9(8)15-16/h3-6H,1-2H3. The first-order chi connectivity index (χ1) is 9.15. The minimum absolute atomic E-state index is 0.0760. The molecule has 20 heavy (non-hydrogen) atoms. The van der Waals surface area contributed by atoms with Gasteiger partial charge in [0.2, 0.25) is 6.20 Å². The van der Waals surface area contributed by atoms with Crippen molar-refractivity contribution in [3.8, 4) is 0 Å². The zero-order valence-corrected chi connectivity index (χ0v) is 11.4. The van der Waals surface area contributed by atoms with Crippen LogP contribution in [-0.2, 0) is 22.3 Å². The molecule has 5 nitrogen and oxygen atoms in total. The maximum atomic E-state index is 12.6. The van der Waals surface area contributed by atoms with Crippen LogP contribution in [0.5, 0.6) is 0 Å². The molecular formula is C11H10F3N2O3P. The van der Waals surface area contributed by atoms with Gasteiger partial charge in [-0.15, -0.1) is 0 Å². The molecule has 0 aliphatic rings. The van der Waals surface area contributed by atoms with Gasteiger partial charge in [0, 0.05) is 12.5 Å². The van der Waals surface area contributed by atoms with Crippen LogP contribution in [0.4, 0.5) is 13.2 Å². The van der Waals surface area contributed by atoms with Crippen LogP contribution < -0.4 is 14.9 Å². The zero-order chi connectivity index (χ0) is 15.1. The molecule has 0 aliphatic carbocycles. The molecule has 0 bridgehead atoms. The summed E-state index contributed by atoms with van der Waals surface area (Å²) in [5.41, 5.74) is -0.972. The van der Waals surface area contributed by atoms with Gasteiger partial charge in [0.1, 0.15) is 5.52 Å². The van der Waals surface area contributed by atoms with Gasteiger partial charge >= 0.3 is 6.18 Å². The molecule has 0 saturated heterocycles. The Kier molecular flexibility index (Phi) is 3.58. The Bertz CT molecular complexity index is 718. The number of rotatable bonds is 2. The monoisotopic (exact) mass is 306 g/mol. The van der Waals surface area contributed by atoms with E-state index in [2.05, 4.69) is 9.62 Å². The highest BCUT2D eigenvalue weighted by atomic mass is 31.2. The molecule has 1 aromatic heterocycles. The minimum Gasteiger partial charge on any atom is -0.775 e. The molecule has 0 aliphatic heterocycles. The number of halogens is 3. The molecule has 2 aromatic rings. The van der Waals surface area contributed by atoms with Crippen molar-refractivity contribution in [2.45, 2.75) is 6.18 Å². The lowest BCUT2D eigenvalue weighted by molar-refractivity contribution is -0.727. The third-order valence-electron chi connectivity index (χ3n) is 2.71. The van der Waals surface area contributed by atoms with Gasteiger partial charge < -0.3 is 14.0 Å². The SMILES string of the molecule is COP(=O)([O-])c1c[n+](C)nc2cc(C(F)(F)F)ccc12. The third kappa shape index (κ3) is 2.67. The fourth-order valence-electron chi connectivity index (χ4n) is 1.77. The van der Waals surface area contributed by atoms with Crippen molar-refractivity contribution in [2.75, 3.05) is 7.11 Å². The first-order valence-electron chi connectivity index (χ1n) is 5.40. The van der Waals surface area contributed by atoms with E-state index in [1.807, 2.05) is 0 Å². The van der Waals surface area contributed by atoms with Crippen molar-refractivity contribution in [1.82, 2.24) is 5.10 Å². The molecule has 2 rings (SSSR count). The number of hydrogen-bond donors (Lipinski definition) is 0. The van der Waals surface area contributed by atoms with E-state index in [0.29, 0.717) is 0 Å². The van der Waals surface area contributed by atoms with Gasteiger partial charge in [0.15, 0.2) is 14.6 Å². The summed E-state index contributed by atoms with van der Waals surface area (Å²) in [4.78, 5) is 11.8. The van der Waals surface area contributed by atoms with Gasteiger partial charge in [-0.25, -0.2) is 0 Å². The molecule has 1 unspecified atom stereocenters. The van der Waals surface area contributed by atoms with Crippen LogP contribution in [0.2, 0.25) is 0 Å². The van der Waals surface area contributed by atoms with Crippen LogP contribution in [0.1, 0.15) is 5.56 Å². The van der Waals surface area contributed by atoms with E-state index in [1.165, 1.54) is 13.2 Å². The van der Waals surface area contributed by atoms with Crippen LogP contribution in [-0.4, -0.2) is 12.2 Å². The normalized spacial score (nSPS) is 15.3. The van der Waals surface area contributed by atoms with Crippen LogP contribution in [0.15, 0.2) is 24.4 Å². The summed E-state index contributed by atoms with van der Waals surface area (Å²) in [6.45, 7) is 0. The Morgan fingerprint density at radius 3 is 2.60 bits per heavy atom. The fraction of sp³-hybridized carbons (Fsp3) is 0.273. The van der Waals surface area contributed by atoms with Crippen molar-refractivity contribution >= 4 is 23.8 Å². The van der Waals surface area contributed by atoms with Crippen LogP contribution >= 0.6 is 7.60 Å². The molecule has 0 spiro atoms. The smallest absolute Gasteiger partial charge is 0.416 e. The summed E-state index contributed by atoms with van der Waals surface area (Å²) in [5.74, 6) is 0. The second kappa shape index (κ2) is 4.80. The van der Waals surface area contributed by atoms with Crippen molar-refractivity contribution in [1.29, 1.82) is 0 Å². The van der Waals surface area contributed by atoms with Gasteiger partial charge in [-0.05, 0) is 17.2 Å². The highest BCUT2D eigenvalue weighted by molar-refractivity contribution is 7.60. The van der Waals surface area contributed by atoms with Gasteiger partial charge in [-0.2, -0.15) is 13.2 Å². The summed E-state index contributed by atoms with van der Waals surface area (Å²) in [6.07, 6.45) is -3.33. The lowest BCUT2D eigenvalue weighted by Crippen LogP contribution is -2.38. The van der Waals surface area contributed by atoms with Gasteiger partial charge in [0.05, 0.1) is 10.9 Å². The average Bonchev–Trinajstić information content (AvgIpc) is 2.35. The van der Waals surface area contributed by atoms with Crippen molar-refractivity contribution in [3.63, 3.8) is 0 Å². The van der Waals surface area contributed by atoms with Gasteiger partial charge in [0.25, 0.3) is 0 Å². The quantitative estimate of drug-likeness (QED) is 0.611. The fourth-order valence-corrected chi connectivity index (χ4v) is 2.76. The predicted molar refractivity (Wildman–Crippen MR) is 62.2 cm³/mol. The molecule has 0 fully saturated rings. The number of alkyl halides is 3. The van der Waals surface area contributed by atoms with Crippen LogP contribution in [0.25, 0.3) is 10.9 Å². The Morgan fingerprint density at radius 1 is 1.40 bits per heavy atom. The number of hydrogen-bond acceptors (Lipinski definition) is 4. The molecule has 1 aromatic carbocycles. The number of benzene rings is 1. The molecule has 0 saturated carbocycles. The predicted octanol–water partition coefficient (Wildman–Crippen LogP) is 0.903. The molecular weight excluding hydrogens is 296 g/mol. The molecule has 1 heterocycles. The Hall–Kier alpha value is -1.50. The molecule has 108 valence electrons. The summed E-state index contributed by atoms with van der Waals surface area (Å²) in [6, 6.07) is 2.68. The topological polar surface area (TPSA) is 66.1 Å². The lowest BCUT2D eigenvalue weighted by Gasteiger charge is -2.20.